The molecule has 88 valence electrons. The summed E-state index contributed by atoms with van der Waals surface area (Å²) in [4.78, 5) is 8.73. The van der Waals surface area contributed by atoms with Crippen LogP contribution >= 0.6 is 11.3 Å². The highest BCUT2D eigenvalue weighted by atomic mass is 32.1. The second-order valence-corrected chi connectivity index (χ2v) is 5.39. The SMILES string of the molecule is c1cncc(-c2csc(CNCC3CC3)n2)c1. The van der Waals surface area contributed by atoms with Crippen molar-refractivity contribution in [3.05, 3.63) is 34.9 Å². The molecule has 17 heavy (non-hydrogen) atoms. The Morgan fingerprint density at radius 1 is 1.41 bits per heavy atom. The van der Waals surface area contributed by atoms with Gasteiger partial charge >= 0.3 is 0 Å². The van der Waals surface area contributed by atoms with E-state index in [0.717, 1.165) is 35.3 Å². The highest BCUT2D eigenvalue weighted by Gasteiger charge is 2.20. The molecule has 2 aromatic heterocycles. The van der Waals surface area contributed by atoms with Crippen LogP contribution in [0.5, 0.6) is 0 Å². The van der Waals surface area contributed by atoms with Gasteiger partial charge < -0.3 is 5.32 Å². The Morgan fingerprint density at radius 2 is 2.35 bits per heavy atom. The van der Waals surface area contributed by atoms with E-state index in [4.69, 9.17) is 0 Å². The Morgan fingerprint density at radius 3 is 3.12 bits per heavy atom. The van der Waals surface area contributed by atoms with Crippen molar-refractivity contribution in [3.63, 3.8) is 0 Å². The Hall–Kier alpha value is -1.26. The van der Waals surface area contributed by atoms with Crippen molar-refractivity contribution in [1.82, 2.24) is 15.3 Å². The van der Waals surface area contributed by atoms with Crippen molar-refractivity contribution in [1.29, 1.82) is 0 Å². The second kappa shape index (κ2) is 4.94. The minimum Gasteiger partial charge on any atom is -0.310 e. The average molecular weight is 245 g/mol. The fourth-order valence-corrected chi connectivity index (χ4v) is 2.52. The summed E-state index contributed by atoms with van der Waals surface area (Å²) in [6, 6.07) is 3.99. The molecule has 4 heteroatoms. The van der Waals surface area contributed by atoms with Crippen LogP contribution in [0, 0.1) is 5.92 Å². The summed E-state index contributed by atoms with van der Waals surface area (Å²) in [7, 11) is 0. The lowest BCUT2D eigenvalue weighted by Crippen LogP contribution is -2.15. The average Bonchev–Trinajstić information content (AvgIpc) is 3.07. The molecule has 3 nitrogen and oxygen atoms in total. The van der Waals surface area contributed by atoms with Crippen LogP contribution in [0.2, 0.25) is 0 Å². The molecule has 1 saturated carbocycles. The number of rotatable bonds is 5. The van der Waals surface area contributed by atoms with Crippen LogP contribution in [0.25, 0.3) is 11.3 Å². The summed E-state index contributed by atoms with van der Waals surface area (Å²) in [5.41, 5.74) is 2.13. The molecule has 1 aliphatic rings. The van der Waals surface area contributed by atoms with Gasteiger partial charge in [-0.1, -0.05) is 0 Å². The molecular formula is C13H15N3S. The van der Waals surface area contributed by atoms with E-state index in [-0.39, 0.29) is 0 Å². The molecule has 0 radical (unpaired) electrons. The summed E-state index contributed by atoms with van der Waals surface area (Å²) in [5.74, 6) is 0.924. The van der Waals surface area contributed by atoms with Crippen LogP contribution in [-0.4, -0.2) is 16.5 Å². The van der Waals surface area contributed by atoms with Gasteiger partial charge in [-0.2, -0.15) is 0 Å². The maximum absolute atomic E-state index is 4.61. The maximum Gasteiger partial charge on any atom is 0.107 e. The molecule has 3 rings (SSSR count). The lowest BCUT2D eigenvalue weighted by molar-refractivity contribution is 0.637. The minimum absolute atomic E-state index is 0.890. The summed E-state index contributed by atoms with van der Waals surface area (Å²) in [5, 5.41) is 6.72. The largest absolute Gasteiger partial charge is 0.310 e. The summed E-state index contributed by atoms with van der Waals surface area (Å²) >= 11 is 1.72. The van der Waals surface area contributed by atoms with E-state index in [1.54, 1.807) is 17.5 Å². The van der Waals surface area contributed by atoms with Gasteiger partial charge in [0.25, 0.3) is 0 Å². The predicted octanol–water partition coefficient (Wildman–Crippen LogP) is 2.70. The Bertz CT molecular complexity index is 476. The first-order valence-corrected chi connectivity index (χ1v) is 6.85. The van der Waals surface area contributed by atoms with E-state index in [0.29, 0.717) is 0 Å². The first-order valence-electron chi connectivity index (χ1n) is 5.97. The quantitative estimate of drug-likeness (QED) is 0.880. The smallest absolute Gasteiger partial charge is 0.107 e. The number of nitrogens with zero attached hydrogens (tertiary/aromatic N) is 2. The lowest BCUT2D eigenvalue weighted by Gasteiger charge is -1.99. The van der Waals surface area contributed by atoms with Gasteiger partial charge in [0.15, 0.2) is 0 Å². The Kier molecular flexibility index (Phi) is 3.16. The third-order valence-corrected chi connectivity index (χ3v) is 3.76. The van der Waals surface area contributed by atoms with Crippen molar-refractivity contribution in [2.24, 2.45) is 5.92 Å². The third-order valence-electron chi connectivity index (χ3n) is 2.92. The van der Waals surface area contributed by atoms with Gasteiger partial charge in [0.2, 0.25) is 0 Å². The Labute approximate surface area is 105 Å². The molecule has 2 aromatic rings. The molecule has 0 aromatic carbocycles. The van der Waals surface area contributed by atoms with E-state index < -0.39 is 0 Å². The van der Waals surface area contributed by atoms with Crippen LogP contribution in [0.4, 0.5) is 0 Å². The summed E-state index contributed by atoms with van der Waals surface area (Å²) in [6.07, 6.45) is 6.43. The van der Waals surface area contributed by atoms with Gasteiger partial charge in [0, 0.05) is 29.9 Å². The van der Waals surface area contributed by atoms with Gasteiger partial charge in [-0.15, -0.1) is 11.3 Å². The molecule has 2 heterocycles. The lowest BCUT2D eigenvalue weighted by atomic mass is 10.2. The molecule has 0 atom stereocenters. The van der Waals surface area contributed by atoms with Crippen molar-refractivity contribution in [2.75, 3.05) is 6.54 Å². The van der Waals surface area contributed by atoms with E-state index in [9.17, 15) is 0 Å². The van der Waals surface area contributed by atoms with E-state index in [1.165, 1.54) is 12.8 Å². The standard InChI is InChI=1S/C13H15N3S/c1-2-11(7-14-5-1)12-9-17-13(16-12)8-15-6-10-3-4-10/h1-2,5,7,9-10,15H,3-4,6,8H2. The number of aromatic nitrogens is 2. The molecule has 0 unspecified atom stereocenters. The minimum atomic E-state index is 0.890. The Balaban J connectivity index is 1.61. The summed E-state index contributed by atoms with van der Waals surface area (Å²) in [6.45, 7) is 2.03. The number of hydrogen-bond donors (Lipinski definition) is 1. The van der Waals surface area contributed by atoms with Crippen LogP contribution < -0.4 is 5.32 Å². The zero-order valence-electron chi connectivity index (χ0n) is 9.60. The molecule has 0 bridgehead atoms. The molecule has 1 aliphatic carbocycles. The fourth-order valence-electron chi connectivity index (χ4n) is 1.74. The van der Waals surface area contributed by atoms with Gasteiger partial charge in [-0.25, -0.2) is 4.98 Å². The number of nitrogens with one attached hydrogen (secondary N) is 1. The fraction of sp³-hybridized carbons (Fsp3) is 0.385. The molecule has 0 spiro atoms. The zero-order chi connectivity index (χ0) is 11.5. The number of hydrogen-bond acceptors (Lipinski definition) is 4. The monoisotopic (exact) mass is 245 g/mol. The number of thiazole rings is 1. The zero-order valence-corrected chi connectivity index (χ0v) is 10.4. The van der Waals surface area contributed by atoms with Gasteiger partial charge in [0.05, 0.1) is 5.69 Å². The highest BCUT2D eigenvalue weighted by molar-refractivity contribution is 7.09. The second-order valence-electron chi connectivity index (χ2n) is 4.44. The maximum atomic E-state index is 4.61. The van der Waals surface area contributed by atoms with Crippen molar-refractivity contribution in [2.45, 2.75) is 19.4 Å². The van der Waals surface area contributed by atoms with E-state index in [2.05, 4.69) is 20.7 Å². The molecule has 0 saturated heterocycles. The van der Waals surface area contributed by atoms with Gasteiger partial charge in [0.1, 0.15) is 5.01 Å². The topological polar surface area (TPSA) is 37.8 Å². The normalized spacial score (nSPS) is 15.1. The highest BCUT2D eigenvalue weighted by Crippen LogP contribution is 2.27. The molecular weight excluding hydrogens is 230 g/mol. The first-order chi connectivity index (χ1) is 8.42. The third kappa shape index (κ3) is 2.90. The van der Waals surface area contributed by atoms with E-state index >= 15 is 0 Å². The van der Waals surface area contributed by atoms with Crippen molar-refractivity contribution >= 4 is 11.3 Å². The van der Waals surface area contributed by atoms with Crippen LogP contribution in [-0.2, 0) is 6.54 Å². The van der Waals surface area contributed by atoms with Gasteiger partial charge in [-0.3, -0.25) is 4.98 Å². The number of pyridine rings is 1. The van der Waals surface area contributed by atoms with Crippen molar-refractivity contribution in [3.8, 4) is 11.3 Å². The molecule has 0 amide bonds. The van der Waals surface area contributed by atoms with Crippen LogP contribution in [0.3, 0.4) is 0 Å². The molecule has 1 N–H and O–H groups in total. The summed E-state index contributed by atoms with van der Waals surface area (Å²) < 4.78 is 0. The molecule has 0 aliphatic heterocycles. The molecule has 1 fully saturated rings. The van der Waals surface area contributed by atoms with Crippen LogP contribution in [0.15, 0.2) is 29.9 Å². The van der Waals surface area contributed by atoms with Crippen LogP contribution in [0.1, 0.15) is 17.8 Å². The first kappa shape index (κ1) is 10.9. The van der Waals surface area contributed by atoms with E-state index in [1.807, 2.05) is 18.3 Å². The van der Waals surface area contributed by atoms with Gasteiger partial charge in [-0.05, 0) is 37.4 Å². The predicted molar refractivity (Wildman–Crippen MR) is 69.8 cm³/mol. The van der Waals surface area contributed by atoms with Crippen molar-refractivity contribution < 1.29 is 0 Å².